The molecule has 0 saturated heterocycles. The molecule has 1 aromatic carbocycles. The summed E-state index contributed by atoms with van der Waals surface area (Å²) in [7, 11) is -1.63. The minimum Gasteiger partial charge on any atom is -0.275 e. The Hall–Kier alpha value is -1.92. The minimum atomic E-state index is -3.44. The van der Waals surface area contributed by atoms with Crippen LogP contribution in [0.1, 0.15) is 18.1 Å². The van der Waals surface area contributed by atoms with Gasteiger partial charge in [0.15, 0.2) is 0 Å². The molecule has 21 heavy (non-hydrogen) atoms. The Morgan fingerprint density at radius 3 is 2.57 bits per heavy atom. The normalized spacial score (nSPS) is 12.3. The Kier molecular flexibility index (Phi) is 4.93. The molecule has 5 nitrogen and oxygen atoms in total. The monoisotopic (exact) mass is 305 g/mol. The van der Waals surface area contributed by atoms with Gasteiger partial charge in [-0.15, -0.1) is 0 Å². The van der Waals surface area contributed by atoms with Crippen molar-refractivity contribution in [2.45, 2.75) is 13.5 Å². The second-order valence-electron chi connectivity index (χ2n) is 4.71. The van der Waals surface area contributed by atoms with E-state index < -0.39 is 10.0 Å². The zero-order chi connectivity index (χ0) is 15.3. The molecular weight excluding hydrogens is 286 g/mol. The maximum atomic E-state index is 12.4. The van der Waals surface area contributed by atoms with E-state index in [-0.39, 0.29) is 0 Å². The van der Waals surface area contributed by atoms with Crippen LogP contribution in [0.15, 0.2) is 48.1 Å². The summed E-state index contributed by atoms with van der Waals surface area (Å²) >= 11 is 0. The number of aromatic nitrogens is 2. The molecule has 0 aliphatic carbocycles. The summed E-state index contributed by atoms with van der Waals surface area (Å²) in [5.74, 6) is 0. The van der Waals surface area contributed by atoms with E-state index in [0.29, 0.717) is 13.1 Å². The lowest BCUT2D eigenvalue weighted by atomic mass is 10.2. The van der Waals surface area contributed by atoms with Gasteiger partial charge in [-0.05, 0) is 11.6 Å². The van der Waals surface area contributed by atoms with E-state index in [1.54, 1.807) is 17.0 Å². The third kappa shape index (κ3) is 4.27. The van der Waals surface area contributed by atoms with Gasteiger partial charge in [-0.2, -0.15) is 9.40 Å². The molecule has 6 heteroatoms. The van der Waals surface area contributed by atoms with Gasteiger partial charge < -0.3 is 0 Å². The molecule has 112 valence electrons. The first kappa shape index (κ1) is 15.5. The molecule has 0 spiro atoms. The van der Waals surface area contributed by atoms with Crippen LogP contribution in [0.4, 0.5) is 0 Å². The van der Waals surface area contributed by atoms with Crippen LogP contribution in [-0.4, -0.2) is 29.0 Å². The van der Waals surface area contributed by atoms with Crippen LogP contribution >= 0.6 is 0 Å². The molecule has 0 saturated carbocycles. The van der Waals surface area contributed by atoms with Gasteiger partial charge in [-0.25, -0.2) is 8.42 Å². The molecule has 0 bridgehead atoms. The lowest BCUT2D eigenvalue weighted by Crippen LogP contribution is -2.28. The first-order chi connectivity index (χ1) is 10.0. The van der Waals surface area contributed by atoms with Crippen molar-refractivity contribution in [1.29, 1.82) is 0 Å². The van der Waals surface area contributed by atoms with Crippen molar-refractivity contribution in [3.05, 3.63) is 59.3 Å². The number of hydrogen-bond donors (Lipinski definition) is 0. The fourth-order valence-corrected chi connectivity index (χ4v) is 3.14. The lowest BCUT2D eigenvalue weighted by molar-refractivity contribution is 0.430. The molecule has 0 radical (unpaired) electrons. The molecule has 0 aliphatic rings. The van der Waals surface area contributed by atoms with E-state index in [9.17, 15) is 8.42 Å². The van der Waals surface area contributed by atoms with Crippen molar-refractivity contribution in [3.8, 4) is 0 Å². The predicted molar refractivity (Wildman–Crippen MR) is 83.7 cm³/mol. The molecule has 0 amide bonds. The molecule has 0 atom stereocenters. The molecular formula is C15H19N3O2S. The van der Waals surface area contributed by atoms with Crippen LogP contribution in [0.5, 0.6) is 0 Å². The number of rotatable bonds is 6. The van der Waals surface area contributed by atoms with Crippen molar-refractivity contribution in [1.82, 2.24) is 14.1 Å². The fourth-order valence-electron chi connectivity index (χ4n) is 1.95. The zero-order valence-corrected chi connectivity index (χ0v) is 13.0. The SMILES string of the molecule is CCN(Cc1cnn(C)c1)S(=O)(=O)/C=C\c1ccccc1. The van der Waals surface area contributed by atoms with E-state index in [4.69, 9.17) is 0 Å². The quantitative estimate of drug-likeness (QED) is 0.822. The highest BCUT2D eigenvalue weighted by atomic mass is 32.2. The van der Waals surface area contributed by atoms with Crippen LogP contribution in [0.3, 0.4) is 0 Å². The molecule has 0 N–H and O–H groups in total. The summed E-state index contributed by atoms with van der Waals surface area (Å²) in [4.78, 5) is 0. The van der Waals surface area contributed by atoms with E-state index in [0.717, 1.165) is 11.1 Å². The maximum absolute atomic E-state index is 12.4. The van der Waals surface area contributed by atoms with Crippen LogP contribution in [-0.2, 0) is 23.6 Å². The highest BCUT2D eigenvalue weighted by Gasteiger charge is 2.18. The standard InChI is InChI=1S/C15H19N3O2S/c1-3-18(13-15-11-16-17(2)12-15)21(19,20)10-9-14-7-5-4-6-8-14/h4-12H,3,13H2,1-2H3/b10-9-. The van der Waals surface area contributed by atoms with Gasteiger partial charge in [0.05, 0.1) is 6.20 Å². The van der Waals surface area contributed by atoms with E-state index in [1.165, 1.54) is 9.71 Å². The second-order valence-corrected chi connectivity index (χ2v) is 6.53. The Morgan fingerprint density at radius 2 is 2.00 bits per heavy atom. The van der Waals surface area contributed by atoms with Gasteiger partial charge in [0, 0.05) is 37.3 Å². The lowest BCUT2D eigenvalue weighted by Gasteiger charge is -2.17. The maximum Gasteiger partial charge on any atom is 0.236 e. The van der Waals surface area contributed by atoms with Crippen molar-refractivity contribution in [2.24, 2.45) is 7.05 Å². The van der Waals surface area contributed by atoms with Gasteiger partial charge in [0.1, 0.15) is 0 Å². The Balaban J connectivity index is 2.14. The minimum absolute atomic E-state index is 0.325. The van der Waals surface area contributed by atoms with E-state index in [1.807, 2.05) is 50.5 Å². The molecule has 0 unspecified atom stereocenters. The van der Waals surface area contributed by atoms with Gasteiger partial charge in [-0.3, -0.25) is 4.68 Å². The average Bonchev–Trinajstić information content (AvgIpc) is 2.89. The summed E-state index contributed by atoms with van der Waals surface area (Å²) in [5.41, 5.74) is 1.73. The third-order valence-corrected chi connectivity index (χ3v) is 4.65. The van der Waals surface area contributed by atoms with Crippen LogP contribution in [0.2, 0.25) is 0 Å². The summed E-state index contributed by atoms with van der Waals surface area (Å²) in [6.45, 7) is 2.56. The smallest absolute Gasteiger partial charge is 0.236 e. The molecule has 1 aromatic heterocycles. The molecule has 2 rings (SSSR count). The van der Waals surface area contributed by atoms with Gasteiger partial charge >= 0.3 is 0 Å². The number of aryl methyl sites for hydroxylation is 1. The topological polar surface area (TPSA) is 55.2 Å². The predicted octanol–water partition coefficient (Wildman–Crippen LogP) is 2.24. The van der Waals surface area contributed by atoms with Gasteiger partial charge in [0.2, 0.25) is 10.0 Å². The first-order valence-electron chi connectivity index (χ1n) is 6.72. The van der Waals surface area contributed by atoms with E-state index >= 15 is 0 Å². The first-order valence-corrected chi connectivity index (χ1v) is 8.22. The average molecular weight is 305 g/mol. The molecule has 0 fully saturated rings. The summed E-state index contributed by atoms with van der Waals surface area (Å²) in [5, 5.41) is 5.31. The second kappa shape index (κ2) is 6.69. The van der Waals surface area contributed by atoms with Crippen LogP contribution in [0, 0.1) is 0 Å². The summed E-state index contributed by atoms with van der Waals surface area (Å²) < 4.78 is 27.8. The third-order valence-electron chi connectivity index (χ3n) is 3.06. The Bertz CT molecular complexity index is 706. The largest absolute Gasteiger partial charge is 0.275 e. The Labute approximate surface area is 125 Å². The van der Waals surface area contributed by atoms with Crippen LogP contribution in [0.25, 0.3) is 6.08 Å². The molecule has 1 heterocycles. The van der Waals surface area contributed by atoms with Gasteiger partial charge in [0.25, 0.3) is 0 Å². The van der Waals surface area contributed by atoms with E-state index in [2.05, 4.69) is 5.10 Å². The fraction of sp³-hybridized carbons (Fsp3) is 0.267. The highest BCUT2D eigenvalue weighted by molar-refractivity contribution is 7.92. The van der Waals surface area contributed by atoms with Gasteiger partial charge in [-0.1, -0.05) is 37.3 Å². The summed E-state index contributed by atoms with van der Waals surface area (Å²) in [6, 6.07) is 9.37. The number of benzene rings is 1. The molecule has 0 aliphatic heterocycles. The van der Waals surface area contributed by atoms with Crippen molar-refractivity contribution in [3.63, 3.8) is 0 Å². The van der Waals surface area contributed by atoms with Crippen molar-refractivity contribution >= 4 is 16.1 Å². The zero-order valence-electron chi connectivity index (χ0n) is 12.2. The highest BCUT2D eigenvalue weighted by Crippen LogP contribution is 2.12. The Morgan fingerprint density at radius 1 is 1.29 bits per heavy atom. The number of hydrogen-bond acceptors (Lipinski definition) is 3. The van der Waals surface area contributed by atoms with Crippen molar-refractivity contribution in [2.75, 3.05) is 6.54 Å². The summed E-state index contributed by atoms with van der Waals surface area (Å²) in [6.07, 6.45) is 5.11. The number of sulfonamides is 1. The van der Waals surface area contributed by atoms with Crippen molar-refractivity contribution < 1.29 is 8.42 Å². The number of nitrogens with zero attached hydrogens (tertiary/aromatic N) is 3. The van der Waals surface area contributed by atoms with Crippen LogP contribution < -0.4 is 0 Å². The molecule has 2 aromatic rings.